The molecule has 10 nitrogen and oxygen atoms in total. The number of carbonyl (C=O) groups is 2. The number of piperazine rings is 1. The van der Waals surface area contributed by atoms with Crippen molar-refractivity contribution in [1.82, 2.24) is 14.8 Å². The molecule has 0 saturated carbocycles. The van der Waals surface area contributed by atoms with Crippen molar-refractivity contribution in [3.63, 3.8) is 0 Å². The molecular formula is C22H20F2N4O6. The summed E-state index contributed by atoms with van der Waals surface area (Å²) < 4.78 is 27.9. The summed E-state index contributed by atoms with van der Waals surface area (Å²) in [6.45, 7) is 0. The Morgan fingerprint density at radius 1 is 1.21 bits per heavy atom. The number of aliphatic hydroxyl groups is 1. The Balaban J connectivity index is 1.68. The number of nitrogens with one attached hydrogen (secondary N) is 1. The van der Waals surface area contributed by atoms with Gasteiger partial charge in [0.05, 0.1) is 15.8 Å². The fraction of sp³-hybridized carbons (Fsp3) is 0.273. The summed E-state index contributed by atoms with van der Waals surface area (Å²) in [7, 11) is 2.49. The van der Waals surface area contributed by atoms with Gasteiger partial charge in [-0.15, -0.1) is 0 Å². The number of amides is 2. The lowest BCUT2D eigenvalue weighted by Crippen LogP contribution is -2.70. The number of phenols is 1. The quantitative estimate of drug-likeness (QED) is 0.381. The Bertz CT molecular complexity index is 1320. The first-order valence-corrected chi connectivity index (χ1v) is 10.1. The first-order valence-electron chi connectivity index (χ1n) is 10.1. The maximum Gasteiger partial charge on any atom is 0.314 e. The van der Waals surface area contributed by atoms with E-state index in [1.165, 1.54) is 32.4 Å². The van der Waals surface area contributed by atoms with Gasteiger partial charge in [0.15, 0.2) is 0 Å². The van der Waals surface area contributed by atoms with Crippen LogP contribution in [0.3, 0.4) is 0 Å². The average Bonchev–Trinajstić information content (AvgIpc) is 3.16. The molecule has 2 heterocycles. The number of phenolic OH excluding ortho intramolecular Hbond substituents is 1. The minimum atomic E-state index is -2.36. The zero-order valence-corrected chi connectivity index (χ0v) is 18.1. The first kappa shape index (κ1) is 23.1. The maximum atomic E-state index is 14.2. The van der Waals surface area contributed by atoms with Crippen molar-refractivity contribution >= 4 is 28.4 Å². The number of aromatic hydroxyl groups is 1. The van der Waals surface area contributed by atoms with Crippen molar-refractivity contribution in [2.24, 2.45) is 0 Å². The van der Waals surface area contributed by atoms with E-state index in [0.29, 0.717) is 0 Å². The van der Waals surface area contributed by atoms with Crippen LogP contribution in [0.25, 0.3) is 10.9 Å². The van der Waals surface area contributed by atoms with Gasteiger partial charge in [-0.1, -0.05) is 0 Å². The van der Waals surface area contributed by atoms with E-state index < -0.39 is 58.0 Å². The van der Waals surface area contributed by atoms with Crippen molar-refractivity contribution in [2.45, 2.75) is 24.6 Å². The molecule has 4 rings (SSSR count). The van der Waals surface area contributed by atoms with Gasteiger partial charge in [-0.3, -0.25) is 19.7 Å². The smallest absolute Gasteiger partial charge is 0.314 e. The Morgan fingerprint density at radius 3 is 2.56 bits per heavy atom. The number of H-pyrrole nitrogens is 1. The average molecular weight is 474 g/mol. The summed E-state index contributed by atoms with van der Waals surface area (Å²) in [4.78, 5) is 41.6. The number of likely N-dealkylation sites (N-methyl/N-ethyl adjacent to an activating group) is 2. The molecule has 178 valence electrons. The van der Waals surface area contributed by atoms with Crippen LogP contribution in [0.4, 0.5) is 14.5 Å². The predicted molar refractivity (Wildman–Crippen MR) is 115 cm³/mol. The zero-order valence-electron chi connectivity index (χ0n) is 18.1. The summed E-state index contributed by atoms with van der Waals surface area (Å²) in [6, 6.07) is 4.18. The summed E-state index contributed by atoms with van der Waals surface area (Å²) in [6.07, 6.45) is 0.728. The lowest BCUT2D eigenvalue weighted by molar-refractivity contribution is -0.385. The van der Waals surface area contributed by atoms with Crippen LogP contribution < -0.4 is 0 Å². The molecule has 34 heavy (non-hydrogen) atoms. The molecular weight excluding hydrogens is 454 g/mol. The second kappa shape index (κ2) is 8.06. The van der Waals surface area contributed by atoms with Gasteiger partial charge in [-0.25, -0.2) is 4.39 Å². The van der Waals surface area contributed by atoms with Crippen LogP contribution in [-0.2, 0) is 22.4 Å². The van der Waals surface area contributed by atoms with Gasteiger partial charge in [0.2, 0.25) is 17.4 Å². The molecule has 12 heteroatoms. The number of halogens is 2. The molecule has 3 N–H and O–H groups in total. The van der Waals surface area contributed by atoms with Crippen LogP contribution >= 0.6 is 0 Å². The number of aromatic amines is 1. The van der Waals surface area contributed by atoms with Gasteiger partial charge < -0.3 is 25.0 Å². The Morgan fingerprint density at radius 2 is 1.91 bits per heavy atom. The summed E-state index contributed by atoms with van der Waals surface area (Å²) in [5.74, 6) is -3.78. The van der Waals surface area contributed by atoms with Crippen LogP contribution in [0.1, 0.15) is 11.1 Å². The lowest BCUT2D eigenvalue weighted by atomic mass is 9.92. The van der Waals surface area contributed by atoms with Crippen LogP contribution in [-0.4, -0.2) is 67.6 Å². The zero-order chi connectivity index (χ0) is 24.9. The third-order valence-corrected chi connectivity index (χ3v) is 6.14. The molecule has 1 fully saturated rings. The van der Waals surface area contributed by atoms with Gasteiger partial charge in [-0.2, -0.15) is 4.39 Å². The molecule has 1 aliphatic heterocycles. The van der Waals surface area contributed by atoms with E-state index in [1.54, 1.807) is 0 Å². The number of nitro groups is 1. The van der Waals surface area contributed by atoms with E-state index >= 15 is 0 Å². The second-order valence-corrected chi connectivity index (χ2v) is 8.23. The summed E-state index contributed by atoms with van der Waals surface area (Å²) in [5.41, 5.74) is -2.49. The Labute approximate surface area is 191 Å². The third-order valence-electron chi connectivity index (χ3n) is 6.14. The molecule has 2 amide bonds. The highest BCUT2D eigenvalue weighted by molar-refractivity contribution is 5.99. The number of fused-ring (bicyclic) bond motifs is 1. The molecule has 0 radical (unpaired) electrons. The highest BCUT2D eigenvalue weighted by Gasteiger charge is 2.53. The molecule has 0 unspecified atom stereocenters. The van der Waals surface area contributed by atoms with E-state index in [2.05, 4.69) is 4.98 Å². The third kappa shape index (κ3) is 3.61. The topological polar surface area (TPSA) is 140 Å². The minimum absolute atomic E-state index is 0.0163. The van der Waals surface area contributed by atoms with E-state index in [0.717, 1.165) is 28.0 Å². The monoisotopic (exact) mass is 474 g/mol. The lowest BCUT2D eigenvalue weighted by Gasteiger charge is -2.47. The Kier molecular flexibility index (Phi) is 5.48. The number of nitro benzene ring substituents is 1. The normalized spacial score (nSPS) is 20.9. The highest BCUT2D eigenvalue weighted by atomic mass is 19.1. The number of nitrogens with zero attached hydrogens (tertiary/aromatic N) is 3. The van der Waals surface area contributed by atoms with Crippen molar-refractivity contribution in [2.75, 3.05) is 14.1 Å². The Hall–Kier alpha value is -4.06. The van der Waals surface area contributed by atoms with Crippen molar-refractivity contribution in [1.29, 1.82) is 0 Å². The van der Waals surface area contributed by atoms with E-state index in [4.69, 9.17) is 0 Å². The molecule has 2 atom stereocenters. The van der Waals surface area contributed by atoms with Gasteiger partial charge in [0.25, 0.3) is 5.91 Å². The molecule has 1 saturated heterocycles. The molecule has 3 aromatic rings. The van der Waals surface area contributed by atoms with Crippen LogP contribution in [0.5, 0.6) is 5.75 Å². The van der Waals surface area contributed by atoms with E-state index in [9.17, 15) is 38.7 Å². The SMILES string of the molecule is CN1C(=O)[C@](O)(Cc2cc(O)cc(F)c2)N(C)C(=O)[C@@H]1Cc1c[nH]c2ccc(F)c([N+](=O)[O-])c12. The second-order valence-electron chi connectivity index (χ2n) is 8.23. The largest absolute Gasteiger partial charge is 0.508 e. The van der Waals surface area contributed by atoms with E-state index in [1.807, 2.05) is 0 Å². The van der Waals surface area contributed by atoms with Gasteiger partial charge in [0, 0.05) is 39.2 Å². The van der Waals surface area contributed by atoms with Gasteiger partial charge in [-0.05, 0) is 35.4 Å². The molecule has 2 aromatic carbocycles. The van der Waals surface area contributed by atoms with Crippen LogP contribution in [0.15, 0.2) is 36.5 Å². The summed E-state index contributed by atoms with van der Waals surface area (Å²) >= 11 is 0. The molecule has 0 spiro atoms. The predicted octanol–water partition coefficient (Wildman–Crippen LogP) is 1.83. The fourth-order valence-corrected chi connectivity index (χ4v) is 4.37. The summed E-state index contributed by atoms with van der Waals surface area (Å²) in [5, 5.41) is 32.2. The number of hydrogen-bond donors (Lipinski definition) is 3. The molecule has 0 bridgehead atoms. The number of rotatable bonds is 5. The minimum Gasteiger partial charge on any atom is -0.508 e. The molecule has 1 aromatic heterocycles. The van der Waals surface area contributed by atoms with Gasteiger partial charge in [0.1, 0.15) is 17.6 Å². The molecule has 0 aliphatic carbocycles. The number of carbonyl (C=O) groups excluding carboxylic acids is 2. The maximum absolute atomic E-state index is 14.2. The standard InChI is InChI=1S/C22H20F2N4O6/c1-26-17(7-12-10-25-16-4-3-15(24)19(18(12)16)28(33)34)20(30)27(2)22(32,21(26)31)9-11-5-13(23)8-14(29)6-11/h3-6,8,10,17,25,29,32H,7,9H2,1-2H3/t17-,22+/m0/s1. The number of aromatic nitrogens is 1. The fourth-order valence-electron chi connectivity index (χ4n) is 4.37. The molecule has 1 aliphatic rings. The highest BCUT2D eigenvalue weighted by Crippen LogP contribution is 2.34. The van der Waals surface area contributed by atoms with Crippen LogP contribution in [0.2, 0.25) is 0 Å². The van der Waals surface area contributed by atoms with Crippen LogP contribution in [0, 0.1) is 21.7 Å². The van der Waals surface area contributed by atoms with Gasteiger partial charge >= 0.3 is 5.69 Å². The van der Waals surface area contributed by atoms with Crippen molar-refractivity contribution in [3.8, 4) is 5.75 Å². The van der Waals surface area contributed by atoms with Crippen molar-refractivity contribution in [3.05, 3.63) is 69.4 Å². The first-order chi connectivity index (χ1) is 15.9. The number of hydrogen-bond acceptors (Lipinski definition) is 6. The van der Waals surface area contributed by atoms with Crippen molar-refractivity contribution < 1.29 is 33.5 Å². The number of benzene rings is 2. The van der Waals surface area contributed by atoms with E-state index in [-0.39, 0.29) is 28.5 Å².